The topological polar surface area (TPSA) is 89.1 Å². The van der Waals surface area contributed by atoms with Gasteiger partial charge in [-0.1, -0.05) is 18.2 Å². The van der Waals surface area contributed by atoms with Crippen LogP contribution in [-0.4, -0.2) is 47.8 Å². The van der Waals surface area contributed by atoms with Gasteiger partial charge in [-0.2, -0.15) is 0 Å². The summed E-state index contributed by atoms with van der Waals surface area (Å²) in [5.41, 5.74) is 3.22. The van der Waals surface area contributed by atoms with Gasteiger partial charge in [-0.15, -0.1) is 11.3 Å². The summed E-state index contributed by atoms with van der Waals surface area (Å²) in [5, 5.41) is 5.51. The second kappa shape index (κ2) is 8.59. The van der Waals surface area contributed by atoms with E-state index in [0.29, 0.717) is 11.5 Å². The number of carbonyl (C=O) groups is 1. The van der Waals surface area contributed by atoms with E-state index in [1.54, 1.807) is 7.11 Å². The molecule has 0 spiro atoms. The fraction of sp³-hybridized carbons (Fsp3) is 0.286. The van der Waals surface area contributed by atoms with Gasteiger partial charge in [0, 0.05) is 30.8 Å². The number of hydrogen-bond acceptors (Lipinski definition) is 7. The molecule has 0 saturated heterocycles. The highest BCUT2D eigenvalue weighted by Crippen LogP contribution is 2.33. The number of thiophene rings is 1. The maximum Gasteiger partial charge on any atom is 0.348 e. The van der Waals surface area contributed by atoms with Crippen LogP contribution in [0.2, 0.25) is 0 Å². The number of hydrogen-bond donors (Lipinski definition) is 2. The minimum absolute atomic E-state index is 0.227. The Hall–Kier alpha value is -2.97. The predicted octanol–water partition coefficient (Wildman–Crippen LogP) is 3.94. The Morgan fingerprint density at radius 1 is 1.24 bits per heavy atom. The summed E-state index contributed by atoms with van der Waals surface area (Å²) in [6.07, 6.45) is 4.42. The molecule has 0 saturated carbocycles. The lowest BCUT2D eigenvalue weighted by molar-refractivity contribution is 0.0393. The van der Waals surface area contributed by atoms with E-state index >= 15 is 0 Å². The van der Waals surface area contributed by atoms with Crippen molar-refractivity contribution >= 4 is 44.2 Å². The van der Waals surface area contributed by atoms with E-state index in [9.17, 15) is 4.79 Å². The first-order chi connectivity index (χ1) is 14.2. The standard InChI is InChI=1S/C21H22N4O3S/c1-13-17-19(22-8-7-14-11-23-16-6-4-3-5-15(14)16)24-12-25-20(17)29-18(13)21(26)28-10-9-27-2/h3-6,11-12,23H,7-10H2,1-2H3,(H,22,24,25). The van der Waals surface area contributed by atoms with Crippen molar-refractivity contribution in [1.82, 2.24) is 15.0 Å². The Morgan fingerprint density at radius 2 is 2.10 bits per heavy atom. The van der Waals surface area contributed by atoms with E-state index in [2.05, 4.69) is 32.4 Å². The molecule has 0 atom stereocenters. The van der Waals surface area contributed by atoms with Gasteiger partial charge in [-0.05, 0) is 30.5 Å². The van der Waals surface area contributed by atoms with Crippen molar-refractivity contribution < 1.29 is 14.3 Å². The molecule has 0 unspecified atom stereocenters. The van der Waals surface area contributed by atoms with E-state index in [4.69, 9.17) is 9.47 Å². The molecule has 0 radical (unpaired) electrons. The van der Waals surface area contributed by atoms with Crippen LogP contribution in [0, 0.1) is 6.92 Å². The van der Waals surface area contributed by atoms with Crippen LogP contribution in [0.5, 0.6) is 0 Å². The zero-order valence-electron chi connectivity index (χ0n) is 16.3. The van der Waals surface area contributed by atoms with Crippen LogP contribution in [0.1, 0.15) is 20.8 Å². The van der Waals surface area contributed by atoms with Gasteiger partial charge in [0.05, 0.1) is 12.0 Å². The van der Waals surface area contributed by atoms with Crippen LogP contribution in [0.3, 0.4) is 0 Å². The molecule has 0 aliphatic carbocycles. The lowest BCUT2D eigenvalue weighted by atomic mass is 10.1. The van der Waals surface area contributed by atoms with Crippen LogP contribution in [0.4, 0.5) is 5.82 Å². The third kappa shape index (κ3) is 3.94. The highest BCUT2D eigenvalue weighted by Gasteiger charge is 2.20. The Balaban J connectivity index is 1.51. The van der Waals surface area contributed by atoms with Crippen molar-refractivity contribution in [3.8, 4) is 0 Å². The van der Waals surface area contributed by atoms with Crippen molar-refractivity contribution in [3.63, 3.8) is 0 Å². The third-order valence-corrected chi connectivity index (χ3v) is 5.97. The average Bonchev–Trinajstić information content (AvgIpc) is 3.30. The van der Waals surface area contributed by atoms with Gasteiger partial charge in [0.2, 0.25) is 0 Å². The molecule has 150 valence electrons. The van der Waals surface area contributed by atoms with E-state index in [1.807, 2.05) is 25.3 Å². The normalized spacial score (nSPS) is 11.2. The zero-order valence-corrected chi connectivity index (χ0v) is 17.1. The van der Waals surface area contributed by atoms with Crippen LogP contribution < -0.4 is 5.32 Å². The lowest BCUT2D eigenvalue weighted by Crippen LogP contribution is -2.09. The average molecular weight is 410 g/mol. The quantitative estimate of drug-likeness (QED) is 0.338. The van der Waals surface area contributed by atoms with Crippen molar-refractivity contribution in [2.75, 3.05) is 32.2 Å². The molecular weight excluding hydrogens is 388 g/mol. The number of rotatable bonds is 8. The van der Waals surface area contributed by atoms with E-state index < -0.39 is 0 Å². The van der Waals surface area contributed by atoms with Gasteiger partial charge in [0.25, 0.3) is 0 Å². The van der Waals surface area contributed by atoms with Crippen molar-refractivity contribution in [3.05, 3.63) is 52.8 Å². The number of nitrogens with zero attached hydrogens (tertiary/aromatic N) is 2. The monoisotopic (exact) mass is 410 g/mol. The van der Waals surface area contributed by atoms with Gasteiger partial charge in [0.15, 0.2) is 0 Å². The molecule has 4 rings (SSSR count). The molecule has 3 aromatic heterocycles. The molecule has 4 aromatic rings. The number of aromatic nitrogens is 3. The SMILES string of the molecule is COCCOC(=O)c1sc2ncnc(NCCc3c[nH]c4ccccc34)c2c1C. The molecule has 7 nitrogen and oxygen atoms in total. The second-order valence-electron chi connectivity index (χ2n) is 6.62. The minimum Gasteiger partial charge on any atom is -0.459 e. The number of fused-ring (bicyclic) bond motifs is 2. The first-order valence-corrected chi connectivity index (χ1v) is 10.2. The summed E-state index contributed by atoms with van der Waals surface area (Å²) in [4.78, 5) is 25.7. The number of esters is 1. The fourth-order valence-electron chi connectivity index (χ4n) is 3.34. The number of benzene rings is 1. The number of H-pyrrole nitrogens is 1. The molecule has 3 heterocycles. The summed E-state index contributed by atoms with van der Waals surface area (Å²) in [6.45, 7) is 3.22. The van der Waals surface area contributed by atoms with Gasteiger partial charge < -0.3 is 19.8 Å². The Bertz CT molecular complexity index is 1150. The fourth-order valence-corrected chi connectivity index (χ4v) is 4.38. The second-order valence-corrected chi connectivity index (χ2v) is 7.62. The van der Waals surface area contributed by atoms with Crippen LogP contribution in [0.15, 0.2) is 36.8 Å². The van der Waals surface area contributed by atoms with Crippen LogP contribution in [-0.2, 0) is 15.9 Å². The van der Waals surface area contributed by atoms with Crippen molar-refractivity contribution in [2.45, 2.75) is 13.3 Å². The highest BCUT2D eigenvalue weighted by atomic mass is 32.1. The third-order valence-electron chi connectivity index (χ3n) is 4.79. The molecule has 0 fully saturated rings. The zero-order chi connectivity index (χ0) is 20.2. The number of carbonyl (C=O) groups excluding carboxylic acids is 1. The summed E-state index contributed by atoms with van der Waals surface area (Å²) in [7, 11) is 1.57. The molecule has 0 aliphatic heterocycles. The van der Waals surface area contributed by atoms with Gasteiger partial charge in [-0.3, -0.25) is 0 Å². The summed E-state index contributed by atoms with van der Waals surface area (Å²) in [6, 6.07) is 8.26. The van der Waals surface area contributed by atoms with Crippen LogP contribution in [0.25, 0.3) is 21.1 Å². The molecular formula is C21H22N4O3S. The van der Waals surface area contributed by atoms with Gasteiger partial charge >= 0.3 is 5.97 Å². The Labute approximate surface area is 172 Å². The molecule has 0 aliphatic rings. The maximum atomic E-state index is 12.4. The van der Waals surface area contributed by atoms with E-state index in [0.717, 1.165) is 40.1 Å². The number of para-hydroxylation sites is 1. The number of methoxy groups -OCH3 is 1. The first-order valence-electron chi connectivity index (χ1n) is 9.38. The van der Waals surface area contributed by atoms with Gasteiger partial charge in [-0.25, -0.2) is 14.8 Å². The Morgan fingerprint density at radius 3 is 2.97 bits per heavy atom. The molecule has 0 bridgehead atoms. The number of anilines is 1. The van der Waals surface area contributed by atoms with Crippen molar-refractivity contribution in [2.24, 2.45) is 0 Å². The minimum atomic E-state index is -0.354. The van der Waals surface area contributed by atoms with Crippen molar-refractivity contribution in [1.29, 1.82) is 0 Å². The summed E-state index contributed by atoms with van der Waals surface area (Å²) >= 11 is 1.33. The van der Waals surface area contributed by atoms with Crippen LogP contribution >= 0.6 is 11.3 Å². The number of ether oxygens (including phenoxy) is 2. The van der Waals surface area contributed by atoms with E-state index in [-0.39, 0.29) is 12.6 Å². The Kier molecular flexibility index (Phi) is 5.73. The predicted molar refractivity (Wildman–Crippen MR) is 115 cm³/mol. The summed E-state index contributed by atoms with van der Waals surface area (Å²) < 4.78 is 10.2. The smallest absolute Gasteiger partial charge is 0.348 e. The number of nitrogens with one attached hydrogen (secondary N) is 2. The molecule has 29 heavy (non-hydrogen) atoms. The lowest BCUT2D eigenvalue weighted by Gasteiger charge is -2.07. The summed E-state index contributed by atoms with van der Waals surface area (Å²) in [5.74, 6) is 0.381. The van der Waals surface area contributed by atoms with Gasteiger partial charge in [0.1, 0.15) is 28.5 Å². The number of aryl methyl sites for hydroxylation is 1. The molecule has 2 N–H and O–H groups in total. The molecule has 1 aromatic carbocycles. The molecule has 0 amide bonds. The first kappa shape index (κ1) is 19.4. The maximum absolute atomic E-state index is 12.4. The number of aromatic amines is 1. The largest absolute Gasteiger partial charge is 0.459 e. The highest BCUT2D eigenvalue weighted by molar-refractivity contribution is 7.20. The van der Waals surface area contributed by atoms with E-state index in [1.165, 1.54) is 28.6 Å². The molecule has 8 heteroatoms.